The number of benzene rings is 2. The van der Waals surface area contributed by atoms with Gasteiger partial charge < -0.3 is 23.7 Å². The number of hydrogen-bond donors (Lipinski definition) is 0. The lowest BCUT2D eigenvalue weighted by Gasteiger charge is -2.36. The maximum atomic E-state index is 12.9. The van der Waals surface area contributed by atoms with Crippen LogP contribution < -0.4 is 14.2 Å². The predicted molar refractivity (Wildman–Crippen MR) is 135 cm³/mol. The Bertz CT molecular complexity index is 1130. The first-order chi connectivity index (χ1) is 17.5. The van der Waals surface area contributed by atoms with Gasteiger partial charge in [-0.3, -0.25) is 4.79 Å². The molecule has 0 bridgehead atoms. The Labute approximate surface area is 211 Å². The Hall–Kier alpha value is -3.74. The van der Waals surface area contributed by atoms with Crippen molar-refractivity contribution < 1.29 is 33.3 Å². The zero-order chi connectivity index (χ0) is 25.5. The molecule has 0 radical (unpaired) electrons. The highest BCUT2D eigenvalue weighted by Crippen LogP contribution is 2.35. The minimum atomic E-state index is -0.439. The van der Waals surface area contributed by atoms with E-state index in [4.69, 9.17) is 23.7 Å². The summed E-state index contributed by atoms with van der Waals surface area (Å²) >= 11 is 0. The molecule has 0 N–H and O–H groups in total. The van der Waals surface area contributed by atoms with E-state index in [2.05, 4.69) is 0 Å². The Morgan fingerprint density at radius 1 is 1.03 bits per heavy atom. The molecule has 0 aromatic heterocycles. The number of fused-ring (bicyclic) bond motifs is 1. The second kappa shape index (κ2) is 11.8. The summed E-state index contributed by atoms with van der Waals surface area (Å²) < 4.78 is 28.4. The normalized spacial score (nSPS) is 21.2. The van der Waals surface area contributed by atoms with Crippen molar-refractivity contribution in [1.82, 2.24) is 0 Å². The molecule has 1 aliphatic heterocycles. The fourth-order valence-corrected chi connectivity index (χ4v) is 4.39. The van der Waals surface area contributed by atoms with Crippen LogP contribution in [0.2, 0.25) is 0 Å². The average Bonchev–Trinajstić information content (AvgIpc) is 2.87. The first-order valence-electron chi connectivity index (χ1n) is 12.4. The zero-order valence-electron chi connectivity index (χ0n) is 20.9. The molecule has 2 aromatic rings. The highest BCUT2D eigenvalue weighted by atomic mass is 16.6. The van der Waals surface area contributed by atoms with Crippen molar-refractivity contribution in [2.24, 2.45) is 5.92 Å². The van der Waals surface area contributed by atoms with Crippen molar-refractivity contribution in [2.75, 3.05) is 13.2 Å². The molecule has 1 aliphatic carbocycles. The standard InChI is InChI=1S/C29H32O7/c1-4-32-24-14-8-20(16-26(24)33-5-2)9-15-28(30)36-22-12-13-23-25(17-22)34-18-27(29(23)31)35-21-10-6-19(3)7-11-21/h6-11,14-16,18,22-23,25H,4-5,12-13,17H2,1-3H3/b15-9+. The smallest absolute Gasteiger partial charge is 0.331 e. The summed E-state index contributed by atoms with van der Waals surface area (Å²) in [5, 5.41) is 0. The maximum absolute atomic E-state index is 12.9. The third-order valence-electron chi connectivity index (χ3n) is 6.18. The highest BCUT2D eigenvalue weighted by molar-refractivity contribution is 5.96. The topological polar surface area (TPSA) is 80.3 Å². The third-order valence-corrected chi connectivity index (χ3v) is 6.18. The number of ketones is 1. The maximum Gasteiger partial charge on any atom is 0.331 e. The predicted octanol–water partition coefficient (Wildman–Crippen LogP) is 5.41. The first-order valence-corrected chi connectivity index (χ1v) is 12.4. The number of allylic oxidation sites excluding steroid dienone is 1. The van der Waals surface area contributed by atoms with Gasteiger partial charge in [0.1, 0.15) is 24.2 Å². The summed E-state index contributed by atoms with van der Waals surface area (Å²) in [7, 11) is 0. The quantitative estimate of drug-likeness (QED) is 0.342. The number of rotatable bonds is 9. The molecule has 0 spiro atoms. The van der Waals surface area contributed by atoms with Crippen molar-refractivity contribution in [2.45, 2.75) is 52.2 Å². The van der Waals surface area contributed by atoms with Crippen LogP contribution in [0.25, 0.3) is 6.08 Å². The van der Waals surface area contributed by atoms with Gasteiger partial charge in [0.2, 0.25) is 11.5 Å². The van der Waals surface area contributed by atoms with Crippen LogP contribution in [0.4, 0.5) is 0 Å². The second-order valence-corrected chi connectivity index (χ2v) is 8.82. The summed E-state index contributed by atoms with van der Waals surface area (Å²) in [6.45, 7) is 6.86. The summed E-state index contributed by atoms with van der Waals surface area (Å²) in [4.78, 5) is 25.4. The monoisotopic (exact) mass is 492 g/mol. The van der Waals surface area contributed by atoms with Crippen LogP contribution in [0.15, 0.2) is 60.6 Å². The molecule has 36 heavy (non-hydrogen) atoms. The Morgan fingerprint density at radius 3 is 2.53 bits per heavy atom. The SMILES string of the molecule is CCOc1ccc(/C=C/C(=O)OC2CCC3C(=O)C(Oc4ccc(C)cc4)=COC3C2)cc1OCC. The van der Waals surface area contributed by atoms with E-state index in [1.54, 1.807) is 6.08 Å². The van der Waals surface area contributed by atoms with Crippen LogP contribution in [0.1, 0.15) is 44.2 Å². The van der Waals surface area contributed by atoms with Crippen LogP contribution in [0.5, 0.6) is 17.2 Å². The highest BCUT2D eigenvalue weighted by Gasteiger charge is 2.42. The van der Waals surface area contributed by atoms with Crippen LogP contribution in [-0.4, -0.2) is 37.2 Å². The number of esters is 1. The molecule has 4 rings (SSSR count). The van der Waals surface area contributed by atoms with E-state index in [0.29, 0.717) is 49.7 Å². The fourth-order valence-electron chi connectivity index (χ4n) is 4.39. The molecule has 7 nitrogen and oxygen atoms in total. The lowest BCUT2D eigenvalue weighted by Crippen LogP contribution is -2.42. The minimum absolute atomic E-state index is 0.0721. The van der Waals surface area contributed by atoms with Gasteiger partial charge >= 0.3 is 5.97 Å². The fraction of sp³-hybridized carbons (Fsp3) is 0.379. The van der Waals surface area contributed by atoms with Gasteiger partial charge in [-0.25, -0.2) is 4.79 Å². The molecular formula is C29H32O7. The van der Waals surface area contributed by atoms with E-state index < -0.39 is 5.97 Å². The van der Waals surface area contributed by atoms with Gasteiger partial charge in [0.25, 0.3) is 0 Å². The Balaban J connectivity index is 1.32. The van der Waals surface area contributed by atoms with Gasteiger partial charge in [-0.05, 0) is 69.5 Å². The van der Waals surface area contributed by atoms with Gasteiger partial charge in [-0.15, -0.1) is 0 Å². The number of aryl methyl sites for hydroxylation is 1. The van der Waals surface area contributed by atoms with Crippen molar-refractivity contribution in [3.05, 3.63) is 71.7 Å². The molecule has 2 aromatic carbocycles. The van der Waals surface area contributed by atoms with E-state index in [0.717, 1.165) is 11.1 Å². The number of carbonyl (C=O) groups is 2. The summed E-state index contributed by atoms with van der Waals surface area (Å²) in [5.74, 6) is 1.29. The molecule has 2 aliphatic rings. The number of carbonyl (C=O) groups excluding carboxylic acids is 2. The molecule has 1 saturated carbocycles. The molecule has 3 atom stereocenters. The van der Waals surface area contributed by atoms with Gasteiger partial charge in [-0.2, -0.15) is 0 Å². The van der Waals surface area contributed by atoms with Gasteiger partial charge in [0.15, 0.2) is 11.5 Å². The van der Waals surface area contributed by atoms with Crippen LogP contribution in [0, 0.1) is 12.8 Å². The molecule has 190 valence electrons. The number of ether oxygens (including phenoxy) is 5. The summed E-state index contributed by atoms with van der Waals surface area (Å²) in [6.07, 6.45) is 5.43. The molecule has 7 heteroatoms. The molecule has 3 unspecified atom stereocenters. The van der Waals surface area contributed by atoms with Crippen LogP contribution in [-0.2, 0) is 19.1 Å². The third kappa shape index (κ3) is 6.27. The van der Waals surface area contributed by atoms with Gasteiger partial charge in [0, 0.05) is 12.5 Å². The van der Waals surface area contributed by atoms with E-state index in [-0.39, 0.29) is 29.7 Å². The largest absolute Gasteiger partial charge is 0.493 e. The summed E-state index contributed by atoms with van der Waals surface area (Å²) in [6, 6.07) is 13.0. The zero-order valence-corrected chi connectivity index (χ0v) is 20.9. The minimum Gasteiger partial charge on any atom is -0.493 e. The van der Waals surface area contributed by atoms with Crippen LogP contribution >= 0.6 is 0 Å². The number of Topliss-reactive ketones (excluding diaryl/α,β-unsaturated/α-hetero) is 1. The molecular weight excluding hydrogens is 460 g/mol. The lowest BCUT2D eigenvalue weighted by atomic mass is 9.80. The van der Waals surface area contributed by atoms with E-state index in [1.165, 1.54) is 12.3 Å². The van der Waals surface area contributed by atoms with E-state index in [1.807, 2.05) is 63.2 Å². The molecule has 0 amide bonds. The van der Waals surface area contributed by atoms with E-state index in [9.17, 15) is 9.59 Å². The Kier molecular flexibility index (Phi) is 8.31. The number of hydrogen-bond acceptors (Lipinski definition) is 7. The summed E-state index contributed by atoms with van der Waals surface area (Å²) in [5.41, 5.74) is 1.91. The molecule has 1 heterocycles. The molecule has 0 saturated heterocycles. The van der Waals surface area contributed by atoms with Crippen molar-refractivity contribution in [3.63, 3.8) is 0 Å². The second-order valence-electron chi connectivity index (χ2n) is 8.82. The Morgan fingerprint density at radius 2 is 1.78 bits per heavy atom. The van der Waals surface area contributed by atoms with Crippen molar-refractivity contribution in [3.8, 4) is 17.2 Å². The average molecular weight is 493 g/mol. The first kappa shape index (κ1) is 25.4. The van der Waals surface area contributed by atoms with E-state index >= 15 is 0 Å². The molecule has 1 fully saturated rings. The lowest BCUT2D eigenvalue weighted by molar-refractivity contribution is -0.149. The van der Waals surface area contributed by atoms with Gasteiger partial charge in [-0.1, -0.05) is 23.8 Å². The van der Waals surface area contributed by atoms with Crippen molar-refractivity contribution >= 4 is 17.8 Å². The van der Waals surface area contributed by atoms with Gasteiger partial charge in [0.05, 0.1) is 19.1 Å². The van der Waals surface area contributed by atoms with Crippen LogP contribution in [0.3, 0.4) is 0 Å². The van der Waals surface area contributed by atoms with Crippen molar-refractivity contribution in [1.29, 1.82) is 0 Å².